The van der Waals surface area contributed by atoms with Crippen LogP contribution in [0.3, 0.4) is 0 Å². The number of rotatable bonds is 5. The van der Waals surface area contributed by atoms with Gasteiger partial charge in [0.25, 0.3) is 10.0 Å². The molecule has 0 fully saturated rings. The average Bonchev–Trinajstić information content (AvgIpc) is 2.45. The zero-order chi connectivity index (χ0) is 16.2. The van der Waals surface area contributed by atoms with Gasteiger partial charge >= 0.3 is 5.97 Å². The molecule has 22 heavy (non-hydrogen) atoms. The van der Waals surface area contributed by atoms with E-state index in [-0.39, 0.29) is 4.90 Å². The van der Waals surface area contributed by atoms with Crippen LogP contribution < -0.4 is 4.72 Å². The number of benzene rings is 2. The van der Waals surface area contributed by atoms with Crippen LogP contribution in [0.25, 0.3) is 6.08 Å². The minimum atomic E-state index is -3.69. The van der Waals surface area contributed by atoms with E-state index in [0.29, 0.717) is 11.3 Å². The molecule has 0 aliphatic carbocycles. The van der Waals surface area contributed by atoms with Gasteiger partial charge in [0.1, 0.15) is 0 Å². The van der Waals surface area contributed by atoms with E-state index in [4.69, 9.17) is 5.11 Å². The largest absolute Gasteiger partial charge is 0.478 e. The van der Waals surface area contributed by atoms with Crippen LogP contribution in [-0.2, 0) is 14.8 Å². The molecule has 0 saturated carbocycles. The quantitative estimate of drug-likeness (QED) is 0.777. The SMILES string of the molecule is O=C(O)/C=C/c1ccc(S(=O)(=O)Nc2cccc(Br)c2)cc1. The van der Waals surface area contributed by atoms with Crippen molar-refractivity contribution >= 4 is 43.7 Å². The summed E-state index contributed by atoms with van der Waals surface area (Å²) in [4.78, 5) is 10.5. The van der Waals surface area contributed by atoms with Crippen LogP contribution in [0.15, 0.2) is 64.0 Å². The van der Waals surface area contributed by atoms with Crippen LogP contribution in [0.4, 0.5) is 5.69 Å². The smallest absolute Gasteiger partial charge is 0.328 e. The Morgan fingerprint density at radius 2 is 1.82 bits per heavy atom. The zero-order valence-electron chi connectivity index (χ0n) is 11.2. The van der Waals surface area contributed by atoms with Gasteiger partial charge in [0.05, 0.1) is 4.90 Å². The van der Waals surface area contributed by atoms with Crippen molar-refractivity contribution in [3.63, 3.8) is 0 Å². The molecule has 0 aromatic heterocycles. The predicted molar refractivity (Wildman–Crippen MR) is 88.1 cm³/mol. The molecule has 0 heterocycles. The van der Waals surface area contributed by atoms with Crippen molar-refractivity contribution in [1.29, 1.82) is 0 Å². The van der Waals surface area contributed by atoms with Gasteiger partial charge in [-0.3, -0.25) is 4.72 Å². The Morgan fingerprint density at radius 1 is 1.14 bits per heavy atom. The lowest BCUT2D eigenvalue weighted by atomic mass is 10.2. The topological polar surface area (TPSA) is 83.5 Å². The van der Waals surface area contributed by atoms with Crippen molar-refractivity contribution in [2.24, 2.45) is 0 Å². The molecule has 0 amide bonds. The van der Waals surface area contributed by atoms with E-state index >= 15 is 0 Å². The molecule has 0 radical (unpaired) electrons. The lowest BCUT2D eigenvalue weighted by Gasteiger charge is -2.08. The van der Waals surface area contributed by atoms with E-state index < -0.39 is 16.0 Å². The van der Waals surface area contributed by atoms with Gasteiger partial charge in [-0.2, -0.15) is 0 Å². The van der Waals surface area contributed by atoms with Gasteiger partial charge in [-0.1, -0.05) is 34.1 Å². The first kappa shape index (κ1) is 16.3. The molecule has 0 unspecified atom stereocenters. The Bertz CT molecular complexity index is 814. The fraction of sp³-hybridized carbons (Fsp3) is 0. The predicted octanol–water partition coefficient (Wildman–Crippen LogP) is 3.35. The maximum Gasteiger partial charge on any atom is 0.328 e. The van der Waals surface area contributed by atoms with Crippen molar-refractivity contribution in [3.8, 4) is 0 Å². The van der Waals surface area contributed by atoms with Crippen LogP contribution in [-0.4, -0.2) is 19.5 Å². The molecular formula is C15H12BrNO4S. The fourth-order valence-corrected chi connectivity index (χ4v) is 3.14. The molecule has 0 saturated heterocycles. The van der Waals surface area contributed by atoms with Gasteiger partial charge in [-0.15, -0.1) is 0 Å². The molecular weight excluding hydrogens is 370 g/mol. The average molecular weight is 382 g/mol. The number of hydrogen-bond donors (Lipinski definition) is 2. The summed E-state index contributed by atoms with van der Waals surface area (Å²) in [5.74, 6) is -1.06. The van der Waals surface area contributed by atoms with E-state index in [1.807, 2.05) is 0 Å². The first-order chi connectivity index (χ1) is 10.4. The van der Waals surface area contributed by atoms with Crippen molar-refractivity contribution < 1.29 is 18.3 Å². The molecule has 0 aliphatic rings. The Hall–Kier alpha value is -2.12. The third-order valence-corrected chi connectivity index (χ3v) is 4.58. The highest BCUT2D eigenvalue weighted by atomic mass is 79.9. The van der Waals surface area contributed by atoms with E-state index in [9.17, 15) is 13.2 Å². The first-order valence-electron chi connectivity index (χ1n) is 6.16. The lowest BCUT2D eigenvalue weighted by molar-refractivity contribution is -0.131. The number of carboxylic acids is 1. The second-order valence-electron chi connectivity index (χ2n) is 4.36. The van der Waals surface area contributed by atoms with Crippen LogP contribution in [0.1, 0.15) is 5.56 Å². The number of carbonyl (C=O) groups is 1. The molecule has 2 N–H and O–H groups in total. The standard InChI is InChI=1S/C15H12BrNO4S/c16-12-2-1-3-13(10-12)17-22(20,21)14-7-4-11(5-8-14)6-9-15(18)19/h1-10,17H,(H,18,19)/b9-6+. The molecule has 0 spiro atoms. The minimum Gasteiger partial charge on any atom is -0.478 e. The molecule has 2 rings (SSSR count). The summed E-state index contributed by atoms with van der Waals surface area (Å²) in [6.07, 6.45) is 2.38. The minimum absolute atomic E-state index is 0.0972. The molecule has 0 atom stereocenters. The van der Waals surface area contributed by atoms with E-state index in [1.165, 1.54) is 30.3 Å². The molecule has 5 nitrogen and oxygen atoms in total. The second kappa shape index (κ2) is 6.76. The van der Waals surface area contributed by atoms with Crippen LogP contribution in [0.2, 0.25) is 0 Å². The van der Waals surface area contributed by atoms with Gasteiger partial charge in [-0.25, -0.2) is 13.2 Å². The maximum absolute atomic E-state index is 12.3. The summed E-state index contributed by atoms with van der Waals surface area (Å²) in [7, 11) is -3.69. The van der Waals surface area contributed by atoms with Crippen molar-refractivity contribution in [3.05, 3.63) is 64.6 Å². The molecule has 0 aliphatic heterocycles. The molecule has 114 valence electrons. The summed E-state index contributed by atoms with van der Waals surface area (Å²) in [5, 5.41) is 8.55. The third-order valence-electron chi connectivity index (χ3n) is 2.69. The van der Waals surface area contributed by atoms with Gasteiger partial charge in [0.2, 0.25) is 0 Å². The van der Waals surface area contributed by atoms with Crippen molar-refractivity contribution in [2.75, 3.05) is 4.72 Å². The van der Waals surface area contributed by atoms with E-state index in [0.717, 1.165) is 10.5 Å². The highest BCUT2D eigenvalue weighted by molar-refractivity contribution is 9.10. The van der Waals surface area contributed by atoms with Gasteiger partial charge in [-0.05, 0) is 42.0 Å². The van der Waals surface area contributed by atoms with Crippen molar-refractivity contribution in [1.82, 2.24) is 0 Å². The van der Waals surface area contributed by atoms with Gasteiger partial charge < -0.3 is 5.11 Å². The van der Waals surface area contributed by atoms with Gasteiger partial charge in [0.15, 0.2) is 0 Å². The number of anilines is 1. The summed E-state index contributed by atoms with van der Waals surface area (Å²) >= 11 is 3.27. The van der Waals surface area contributed by atoms with E-state index in [1.54, 1.807) is 24.3 Å². The number of nitrogens with one attached hydrogen (secondary N) is 1. The Labute approximate surface area is 136 Å². The van der Waals surface area contributed by atoms with Crippen LogP contribution in [0.5, 0.6) is 0 Å². The number of sulfonamides is 1. The first-order valence-corrected chi connectivity index (χ1v) is 8.44. The highest BCUT2D eigenvalue weighted by Crippen LogP contribution is 2.20. The monoisotopic (exact) mass is 381 g/mol. The third kappa shape index (κ3) is 4.44. The molecule has 2 aromatic carbocycles. The Balaban J connectivity index is 2.21. The fourth-order valence-electron chi connectivity index (χ4n) is 1.69. The summed E-state index contributed by atoms with van der Waals surface area (Å²) in [6.45, 7) is 0. The molecule has 7 heteroatoms. The van der Waals surface area contributed by atoms with Crippen LogP contribution >= 0.6 is 15.9 Å². The summed E-state index contributed by atoms with van der Waals surface area (Å²) < 4.78 is 27.7. The second-order valence-corrected chi connectivity index (χ2v) is 6.95. The Morgan fingerprint density at radius 3 is 2.41 bits per heavy atom. The van der Waals surface area contributed by atoms with Crippen molar-refractivity contribution in [2.45, 2.75) is 4.90 Å². The Kier molecular flexibility index (Phi) is 4.99. The number of hydrogen-bond acceptors (Lipinski definition) is 3. The number of aliphatic carboxylic acids is 1. The highest BCUT2D eigenvalue weighted by Gasteiger charge is 2.13. The molecule has 2 aromatic rings. The zero-order valence-corrected chi connectivity index (χ0v) is 13.6. The molecule has 0 bridgehead atoms. The van der Waals surface area contributed by atoms with Crippen LogP contribution in [0, 0.1) is 0 Å². The normalized spacial score (nSPS) is 11.5. The summed E-state index contributed by atoms with van der Waals surface area (Å²) in [5.41, 5.74) is 1.05. The summed E-state index contributed by atoms with van der Waals surface area (Å²) in [6, 6.07) is 12.7. The lowest BCUT2D eigenvalue weighted by Crippen LogP contribution is -2.12. The van der Waals surface area contributed by atoms with E-state index in [2.05, 4.69) is 20.7 Å². The number of halogens is 1. The van der Waals surface area contributed by atoms with Gasteiger partial charge in [0, 0.05) is 16.2 Å². The number of carboxylic acid groups (broad SMARTS) is 1. The maximum atomic E-state index is 12.3.